The molecular weight excluding hydrogens is 174 g/mol. The van der Waals surface area contributed by atoms with Crippen LogP contribution in [0.25, 0.3) is 0 Å². The molecule has 2 atom stereocenters. The number of likely N-dealkylation sites (N-methyl/N-ethyl adjacent to an activating group) is 1. The molecule has 1 aliphatic heterocycles. The van der Waals surface area contributed by atoms with E-state index < -0.39 is 0 Å². The van der Waals surface area contributed by atoms with Gasteiger partial charge in [0, 0.05) is 25.7 Å². The molecule has 0 bridgehead atoms. The second-order valence-corrected chi connectivity index (χ2v) is 4.77. The van der Waals surface area contributed by atoms with Crippen molar-refractivity contribution >= 4 is 0 Å². The number of rotatable bonds is 4. The molecule has 1 N–H and O–H groups in total. The molecule has 1 rings (SSSR count). The number of likely N-dealkylation sites (tertiary alicyclic amines) is 1. The van der Waals surface area contributed by atoms with Crippen LogP contribution in [-0.4, -0.2) is 63.2 Å². The number of nitrogens with one attached hydrogen (secondary N) is 1. The smallest absolute Gasteiger partial charge is 0.0114 e. The standard InChI is InChI=1S/C11H25N3/c1-10-9-14(8-7-13(3)4)6-5-11(10)12-2/h10-12H,5-9H2,1-4H3. The first kappa shape index (κ1) is 12.0. The van der Waals surface area contributed by atoms with Gasteiger partial charge in [0.15, 0.2) is 0 Å². The van der Waals surface area contributed by atoms with Crippen molar-refractivity contribution in [3.8, 4) is 0 Å². The minimum Gasteiger partial charge on any atom is -0.317 e. The molecule has 0 aromatic carbocycles. The molecule has 3 nitrogen and oxygen atoms in total. The van der Waals surface area contributed by atoms with Crippen LogP contribution in [0.3, 0.4) is 0 Å². The Labute approximate surface area is 88.5 Å². The van der Waals surface area contributed by atoms with Crippen molar-refractivity contribution in [3.05, 3.63) is 0 Å². The molecule has 3 heteroatoms. The molecule has 1 saturated heterocycles. The lowest BCUT2D eigenvalue weighted by molar-refractivity contribution is 0.141. The highest BCUT2D eigenvalue weighted by Gasteiger charge is 2.24. The molecule has 1 fully saturated rings. The zero-order valence-electron chi connectivity index (χ0n) is 10.1. The molecule has 0 aliphatic carbocycles. The Morgan fingerprint density at radius 1 is 1.43 bits per heavy atom. The summed E-state index contributed by atoms with van der Waals surface area (Å²) >= 11 is 0. The lowest BCUT2D eigenvalue weighted by Gasteiger charge is -2.37. The molecule has 1 heterocycles. The molecule has 84 valence electrons. The Balaban J connectivity index is 2.24. The molecule has 0 radical (unpaired) electrons. The maximum absolute atomic E-state index is 3.40. The van der Waals surface area contributed by atoms with Gasteiger partial charge in [0.2, 0.25) is 0 Å². The van der Waals surface area contributed by atoms with E-state index in [9.17, 15) is 0 Å². The first-order valence-electron chi connectivity index (χ1n) is 5.68. The third-order valence-corrected chi connectivity index (χ3v) is 3.22. The van der Waals surface area contributed by atoms with Crippen LogP contribution in [0.2, 0.25) is 0 Å². The monoisotopic (exact) mass is 199 g/mol. The average molecular weight is 199 g/mol. The van der Waals surface area contributed by atoms with E-state index in [1.807, 2.05) is 0 Å². The molecule has 14 heavy (non-hydrogen) atoms. The third kappa shape index (κ3) is 3.56. The van der Waals surface area contributed by atoms with E-state index in [2.05, 4.69) is 43.2 Å². The van der Waals surface area contributed by atoms with Crippen LogP contribution in [0.15, 0.2) is 0 Å². The predicted molar refractivity (Wildman–Crippen MR) is 61.6 cm³/mol. The average Bonchev–Trinajstić information content (AvgIpc) is 2.15. The largest absolute Gasteiger partial charge is 0.317 e. The SMILES string of the molecule is CNC1CCN(CCN(C)C)CC1C. The van der Waals surface area contributed by atoms with Gasteiger partial charge < -0.3 is 15.1 Å². The van der Waals surface area contributed by atoms with E-state index in [4.69, 9.17) is 0 Å². The van der Waals surface area contributed by atoms with Crippen molar-refractivity contribution in [1.82, 2.24) is 15.1 Å². The van der Waals surface area contributed by atoms with Gasteiger partial charge in [0.05, 0.1) is 0 Å². The molecule has 0 spiro atoms. The Kier molecular flexibility index (Phi) is 4.85. The fourth-order valence-electron chi connectivity index (χ4n) is 2.21. The van der Waals surface area contributed by atoms with Crippen molar-refractivity contribution in [3.63, 3.8) is 0 Å². The van der Waals surface area contributed by atoms with E-state index in [-0.39, 0.29) is 0 Å². The van der Waals surface area contributed by atoms with Crippen molar-refractivity contribution in [2.75, 3.05) is 47.3 Å². The van der Waals surface area contributed by atoms with Crippen LogP contribution >= 0.6 is 0 Å². The maximum atomic E-state index is 3.40. The van der Waals surface area contributed by atoms with E-state index in [0.717, 1.165) is 12.0 Å². The van der Waals surface area contributed by atoms with Crippen LogP contribution in [0.4, 0.5) is 0 Å². The first-order chi connectivity index (χ1) is 6.63. The van der Waals surface area contributed by atoms with Crippen molar-refractivity contribution in [2.24, 2.45) is 5.92 Å². The summed E-state index contributed by atoms with van der Waals surface area (Å²) in [6.07, 6.45) is 1.30. The molecule has 1 aliphatic rings. The topological polar surface area (TPSA) is 18.5 Å². The Bertz CT molecular complexity index is 159. The molecular formula is C11H25N3. The molecule has 0 amide bonds. The Morgan fingerprint density at radius 3 is 2.64 bits per heavy atom. The molecule has 2 unspecified atom stereocenters. The maximum Gasteiger partial charge on any atom is 0.0114 e. The van der Waals surface area contributed by atoms with Gasteiger partial charge >= 0.3 is 0 Å². The van der Waals surface area contributed by atoms with E-state index in [1.54, 1.807) is 0 Å². The lowest BCUT2D eigenvalue weighted by atomic mass is 9.94. The highest BCUT2D eigenvalue weighted by molar-refractivity contribution is 4.81. The molecule has 0 aromatic rings. The third-order valence-electron chi connectivity index (χ3n) is 3.22. The first-order valence-corrected chi connectivity index (χ1v) is 5.68. The second kappa shape index (κ2) is 5.69. The van der Waals surface area contributed by atoms with Crippen LogP contribution in [-0.2, 0) is 0 Å². The Morgan fingerprint density at radius 2 is 2.14 bits per heavy atom. The summed E-state index contributed by atoms with van der Waals surface area (Å²) in [6, 6.07) is 0.727. The minimum atomic E-state index is 0.727. The van der Waals surface area contributed by atoms with Gasteiger partial charge in [0.1, 0.15) is 0 Å². The summed E-state index contributed by atoms with van der Waals surface area (Å²) in [5.41, 5.74) is 0. The highest BCUT2D eigenvalue weighted by Crippen LogP contribution is 2.15. The zero-order chi connectivity index (χ0) is 10.6. The van der Waals surface area contributed by atoms with Gasteiger partial charge in [-0.3, -0.25) is 0 Å². The van der Waals surface area contributed by atoms with Crippen LogP contribution < -0.4 is 5.32 Å². The van der Waals surface area contributed by atoms with E-state index in [1.165, 1.54) is 32.6 Å². The summed E-state index contributed by atoms with van der Waals surface area (Å²) in [5.74, 6) is 0.788. The van der Waals surface area contributed by atoms with Crippen molar-refractivity contribution in [2.45, 2.75) is 19.4 Å². The fraction of sp³-hybridized carbons (Fsp3) is 1.00. The summed E-state index contributed by atoms with van der Waals surface area (Å²) in [7, 11) is 6.37. The highest BCUT2D eigenvalue weighted by atomic mass is 15.2. The van der Waals surface area contributed by atoms with E-state index >= 15 is 0 Å². The quantitative estimate of drug-likeness (QED) is 0.710. The fourth-order valence-corrected chi connectivity index (χ4v) is 2.21. The lowest BCUT2D eigenvalue weighted by Crippen LogP contribution is -2.48. The predicted octanol–water partition coefficient (Wildman–Crippen LogP) is 0.478. The van der Waals surface area contributed by atoms with E-state index in [0.29, 0.717) is 0 Å². The van der Waals surface area contributed by atoms with Gasteiger partial charge in [0.25, 0.3) is 0 Å². The number of nitrogens with zero attached hydrogens (tertiary/aromatic N) is 2. The molecule has 0 aromatic heterocycles. The summed E-state index contributed by atoms with van der Waals surface area (Å²) in [6.45, 7) is 7.25. The summed E-state index contributed by atoms with van der Waals surface area (Å²) < 4.78 is 0. The Hall–Kier alpha value is -0.120. The molecule has 0 saturated carbocycles. The number of piperidine rings is 1. The zero-order valence-corrected chi connectivity index (χ0v) is 10.1. The van der Waals surface area contributed by atoms with Crippen LogP contribution in [0, 0.1) is 5.92 Å². The van der Waals surface area contributed by atoms with Gasteiger partial charge in [-0.1, -0.05) is 6.92 Å². The number of hydrogen-bond acceptors (Lipinski definition) is 3. The van der Waals surface area contributed by atoms with Crippen molar-refractivity contribution < 1.29 is 0 Å². The summed E-state index contributed by atoms with van der Waals surface area (Å²) in [5, 5.41) is 3.40. The van der Waals surface area contributed by atoms with Gasteiger partial charge in [-0.05, 0) is 40.0 Å². The van der Waals surface area contributed by atoms with Gasteiger partial charge in [-0.15, -0.1) is 0 Å². The second-order valence-electron chi connectivity index (χ2n) is 4.77. The normalized spacial score (nSPS) is 29.8. The van der Waals surface area contributed by atoms with Crippen LogP contribution in [0.5, 0.6) is 0 Å². The number of hydrogen-bond donors (Lipinski definition) is 1. The van der Waals surface area contributed by atoms with Crippen molar-refractivity contribution in [1.29, 1.82) is 0 Å². The summed E-state index contributed by atoms with van der Waals surface area (Å²) in [4.78, 5) is 4.84. The van der Waals surface area contributed by atoms with Gasteiger partial charge in [-0.25, -0.2) is 0 Å². The minimum absolute atomic E-state index is 0.727. The van der Waals surface area contributed by atoms with Crippen LogP contribution in [0.1, 0.15) is 13.3 Å². The van der Waals surface area contributed by atoms with Gasteiger partial charge in [-0.2, -0.15) is 0 Å².